The number of carbonyl (C=O) groups excluding carboxylic acids is 1. The fourth-order valence-corrected chi connectivity index (χ4v) is 2.00. The topological polar surface area (TPSA) is 17.1 Å². The minimum absolute atomic E-state index is 0.0675. The summed E-state index contributed by atoms with van der Waals surface area (Å²) < 4.78 is 36.6. The summed E-state index contributed by atoms with van der Waals surface area (Å²) in [7, 11) is 0. The van der Waals surface area contributed by atoms with Crippen LogP contribution in [0.2, 0.25) is 0 Å². The van der Waals surface area contributed by atoms with Gasteiger partial charge in [0.2, 0.25) is 0 Å². The molecule has 5 heteroatoms. The first-order valence-corrected chi connectivity index (χ1v) is 5.95. The molecule has 0 aliphatic carbocycles. The second-order valence-corrected chi connectivity index (χ2v) is 4.77. The summed E-state index contributed by atoms with van der Waals surface area (Å²) in [5.41, 5.74) is 1.27. The average molecular weight is 309 g/mol. The van der Waals surface area contributed by atoms with Crippen molar-refractivity contribution in [3.63, 3.8) is 0 Å². The summed E-state index contributed by atoms with van der Waals surface area (Å²) >= 11 is 3.26. The Bertz CT molecular complexity index is 413. The second-order valence-electron chi connectivity index (χ2n) is 3.85. The fourth-order valence-electron chi connectivity index (χ4n) is 1.52. The number of rotatable bonds is 4. The highest BCUT2D eigenvalue weighted by Gasteiger charge is 2.26. The number of carbonyl (C=O) groups is 1. The molecule has 1 aromatic carbocycles. The van der Waals surface area contributed by atoms with Crippen molar-refractivity contribution in [1.29, 1.82) is 0 Å². The zero-order chi connectivity index (χ0) is 13.1. The lowest BCUT2D eigenvalue weighted by Crippen LogP contribution is -2.09. The van der Waals surface area contributed by atoms with Crippen LogP contribution in [0.15, 0.2) is 22.7 Å². The third-order valence-electron chi connectivity index (χ3n) is 2.35. The van der Waals surface area contributed by atoms with Crippen LogP contribution in [0.5, 0.6) is 0 Å². The van der Waals surface area contributed by atoms with E-state index in [2.05, 4.69) is 15.9 Å². The molecule has 0 aliphatic rings. The Morgan fingerprint density at radius 2 is 2.00 bits per heavy atom. The summed E-state index contributed by atoms with van der Waals surface area (Å²) in [6.45, 7) is 1.77. The summed E-state index contributed by atoms with van der Waals surface area (Å²) in [6.07, 6.45) is -5.32. The van der Waals surface area contributed by atoms with E-state index in [-0.39, 0.29) is 18.6 Å². The number of benzene rings is 1. The van der Waals surface area contributed by atoms with Crippen molar-refractivity contribution in [3.05, 3.63) is 33.8 Å². The normalized spacial score (nSPS) is 11.6. The van der Waals surface area contributed by atoms with Crippen molar-refractivity contribution >= 4 is 21.7 Å². The van der Waals surface area contributed by atoms with Crippen LogP contribution in [0.1, 0.15) is 35.2 Å². The maximum absolute atomic E-state index is 11.9. The molecule has 0 fully saturated rings. The van der Waals surface area contributed by atoms with Crippen LogP contribution in [0.3, 0.4) is 0 Å². The van der Waals surface area contributed by atoms with Gasteiger partial charge in [-0.25, -0.2) is 0 Å². The molecule has 0 amide bonds. The molecule has 0 bridgehead atoms. The first-order chi connectivity index (χ1) is 7.79. The van der Waals surface area contributed by atoms with Crippen LogP contribution >= 0.6 is 15.9 Å². The van der Waals surface area contributed by atoms with E-state index in [1.54, 1.807) is 25.1 Å². The quantitative estimate of drug-likeness (QED) is 0.739. The molecule has 0 spiro atoms. The maximum atomic E-state index is 11.9. The number of ketones is 1. The lowest BCUT2D eigenvalue weighted by Gasteiger charge is -2.07. The molecule has 0 atom stereocenters. The Kier molecular flexibility index (Phi) is 4.74. The van der Waals surface area contributed by atoms with Crippen molar-refractivity contribution in [2.75, 3.05) is 0 Å². The van der Waals surface area contributed by atoms with Crippen molar-refractivity contribution < 1.29 is 18.0 Å². The van der Waals surface area contributed by atoms with E-state index in [9.17, 15) is 18.0 Å². The molecule has 1 aromatic rings. The summed E-state index contributed by atoms with van der Waals surface area (Å²) in [4.78, 5) is 11.7. The molecule has 0 saturated carbocycles. The van der Waals surface area contributed by atoms with Crippen LogP contribution in [0, 0.1) is 6.92 Å². The molecule has 0 saturated heterocycles. The van der Waals surface area contributed by atoms with E-state index < -0.39 is 12.6 Å². The molecule has 0 heterocycles. The third kappa shape index (κ3) is 4.89. The minimum atomic E-state index is -4.19. The predicted molar refractivity (Wildman–Crippen MR) is 63.1 cm³/mol. The lowest BCUT2D eigenvalue weighted by atomic mass is 10.0. The van der Waals surface area contributed by atoms with Crippen LogP contribution < -0.4 is 0 Å². The molecular weight excluding hydrogens is 297 g/mol. The third-order valence-corrected chi connectivity index (χ3v) is 2.85. The SMILES string of the molecule is Cc1cc(Br)ccc1C(=O)CCCC(F)(F)F. The second kappa shape index (κ2) is 5.67. The molecular formula is C12H12BrF3O. The first-order valence-electron chi connectivity index (χ1n) is 5.16. The van der Waals surface area contributed by atoms with Gasteiger partial charge >= 0.3 is 6.18 Å². The smallest absolute Gasteiger partial charge is 0.294 e. The molecule has 0 N–H and O–H groups in total. The van der Waals surface area contributed by atoms with Crippen LogP contribution in [-0.4, -0.2) is 12.0 Å². The van der Waals surface area contributed by atoms with Gasteiger partial charge < -0.3 is 0 Å². The van der Waals surface area contributed by atoms with E-state index in [1.165, 1.54) is 0 Å². The highest BCUT2D eigenvalue weighted by molar-refractivity contribution is 9.10. The average Bonchev–Trinajstić information content (AvgIpc) is 2.15. The van der Waals surface area contributed by atoms with Crippen molar-refractivity contribution in [2.45, 2.75) is 32.4 Å². The van der Waals surface area contributed by atoms with Gasteiger partial charge in [-0.3, -0.25) is 4.79 Å². The van der Waals surface area contributed by atoms with Gasteiger partial charge in [0.05, 0.1) is 0 Å². The highest BCUT2D eigenvalue weighted by Crippen LogP contribution is 2.24. The van der Waals surface area contributed by atoms with Gasteiger partial charge in [0.25, 0.3) is 0 Å². The Hall–Kier alpha value is -0.840. The van der Waals surface area contributed by atoms with E-state index in [0.717, 1.165) is 10.0 Å². The van der Waals surface area contributed by atoms with E-state index in [0.29, 0.717) is 5.56 Å². The lowest BCUT2D eigenvalue weighted by molar-refractivity contribution is -0.135. The molecule has 94 valence electrons. The first kappa shape index (κ1) is 14.2. The van der Waals surface area contributed by atoms with Gasteiger partial charge in [-0.15, -0.1) is 0 Å². The molecule has 0 radical (unpaired) electrons. The zero-order valence-corrected chi connectivity index (χ0v) is 10.9. The van der Waals surface area contributed by atoms with E-state index >= 15 is 0 Å². The molecule has 0 aromatic heterocycles. The number of hydrogen-bond donors (Lipinski definition) is 0. The summed E-state index contributed by atoms with van der Waals surface area (Å²) in [5, 5.41) is 0. The number of alkyl halides is 3. The fraction of sp³-hybridized carbons (Fsp3) is 0.417. The van der Waals surface area contributed by atoms with Gasteiger partial charge in [0.1, 0.15) is 0 Å². The molecule has 17 heavy (non-hydrogen) atoms. The number of Topliss-reactive ketones (excluding diaryl/α,β-unsaturated/α-hetero) is 1. The Labute approximate surface area is 106 Å². The van der Waals surface area contributed by atoms with Gasteiger partial charge in [-0.05, 0) is 31.0 Å². The highest BCUT2D eigenvalue weighted by atomic mass is 79.9. The number of halogens is 4. The van der Waals surface area contributed by atoms with Gasteiger partial charge in [-0.2, -0.15) is 13.2 Å². The Balaban J connectivity index is 2.59. The van der Waals surface area contributed by atoms with Crippen molar-refractivity contribution in [2.24, 2.45) is 0 Å². The van der Waals surface area contributed by atoms with Gasteiger partial charge in [-0.1, -0.05) is 22.0 Å². The van der Waals surface area contributed by atoms with Crippen molar-refractivity contribution in [1.82, 2.24) is 0 Å². The van der Waals surface area contributed by atoms with Crippen molar-refractivity contribution in [3.8, 4) is 0 Å². The standard InChI is InChI=1S/C12H12BrF3O/c1-8-7-9(13)4-5-10(8)11(17)3-2-6-12(14,15)16/h4-5,7H,2-3,6H2,1H3. The van der Waals surface area contributed by atoms with Gasteiger partial charge in [0, 0.05) is 22.9 Å². The largest absolute Gasteiger partial charge is 0.389 e. The Morgan fingerprint density at radius 3 is 2.53 bits per heavy atom. The summed E-state index contributed by atoms with van der Waals surface area (Å²) in [6, 6.07) is 5.12. The number of aryl methyl sites for hydroxylation is 1. The predicted octanol–water partition coefficient (Wildman–Crippen LogP) is 4.67. The molecule has 0 unspecified atom stereocenters. The van der Waals surface area contributed by atoms with Gasteiger partial charge in [0.15, 0.2) is 5.78 Å². The molecule has 0 aliphatic heterocycles. The number of hydrogen-bond acceptors (Lipinski definition) is 1. The summed E-state index contributed by atoms with van der Waals surface area (Å²) in [5.74, 6) is -0.237. The monoisotopic (exact) mass is 308 g/mol. The van der Waals surface area contributed by atoms with Crippen LogP contribution in [-0.2, 0) is 0 Å². The zero-order valence-electron chi connectivity index (χ0n) is 9.27. The minimum Gasteiger partial charge on any atom is -0.294 e. The maximum Gasteiger partial charge on any atom is 0.389 e. The molecule has 1 rings (SSSR count). The molecule has 1 nitrogen and oxygen atoms in total. The van der Waals surface area contributed by atoms with Crippen LogP contribution in [0.25, 0.3) is 0 Å². The Morgan fingerprint density at radius 1 is 1.35 bits per heavy atom. The van der Waals surface area contributed by atoms with E-state index in [1.807, 2.05) is 0 Å². The van der Waals surface area contributed by atoms with Crippen LogP contribution in [0.4, 0.5) is 13.2 Å². The van der Waals surface area contributed by atoms with E-state index in [4.69, 9.17) is 0 Å².